The lowest BCUT2D eigenvalue weighted by atomic mass is 9.86. The van der Waals surface area contributed by atoms with Crippen LogP contribution < -0.4 is 4.74 Å². The summed E-state index contributed by atoms with van der Waals surface area (Å²) in [5.41, 5.74) is 2.61. The highest BCUT2D eigenvalue weighted by molar-refractivity contribution is 5.84. The largest absolute Gasteiger partial charge is 0.496 e. The fourth-order valence-electron chi connectivity index (χ4n) is 3.70. The molecule has 1 aliphatic carbocycles. The number of hydrogen-bond acceptors (Lipinski definition) is 2. The van der Waals surface area contributed by atoms with Crippen LogP contribution in [0.1, 0.15) is 31.5 Å². The first kappa shape index (κ1) is 18.6. The van der Waals surface area contributed by atoms with E-state index in [-0.39, 0.29) is 24.6 Å². The summed E-state index contributed by atoms with van der Waals surface area (Å²) in [6.07, 6.45) is 4.65. The number of aromatic amines is 1. The monoisotopic (exact) mass is 386 g/mol. The number of hydrogen-bond donors (Lipinski definition) is 1. The molecule has 0 aliphatic heterocycles. The van der Waals surface area contributed by atoms with Gasteiger partial charge in [-0.2, -0.15) is 0 Å². The van der Waals surface area contributed by atoms with Gasteiger partial charge in [0.1, 0.15) is 17.4 Å². The molecule has 0 bridgehead atoms. The van der Waals surface area contributed by atoms with E-state index in [4.69, 9.17) is 4.74 Å². The number of rotatable bonds is 4. The molecule has 2 aromatic carbocycles. The quantitative estimate of drug-likeness (QED) is 0.578. The van der Waals surface area contributed by atoms with E-state index < -0.39 is 5.92 Å². The fraction of sp³-hybridized carbons (Fsp3) is 0.318. The summed E-state index contributed by atoms with van der Waals surface area (Å²) in [4.78, 5) is 7.75. The van der Waals surface area contributed by atoms with Crippen molar-refractivity contribution in [2.45, 2.75) is 31.6 Å². The van der Waals surface area contributed by atoms with Crippen molar-refractivity contribution < 1.29 is 17.9 Å². The summed E-state index contributed by atoms with van der Waals surface area (Å²) in [5, 5.41) is 0. The van der Waals surface area contributed by atoms with Crippen LogP contribution >= 0.6 is 0 Å². The second-order valence-corrected chi connectivity index (χ2v) is 7.22. The predicted octanol–water partition coefficient (Wildman–Crippen LogP) is 6.22. The van der Waals surface area contributed by atoms with Gasteiger partial charge in [-0.1, -0.05) is 18.2 Å². The number of imidazole rings is 1. The van der Waals surface area contributed by atoms with Crippen molar-refractivity contribution in [2.75, 3.05) is 7.11 Å². The molecule has 1 saturated carbocycles. The molecule has 0 amide bonds. The van der Waals surface area contributed by atoms with Gasteiger partial charge < -0.3 is 9.72 Å². The molecule has 3 aromatic rings. The Morgan fingerprint density at radius 2 is 1.96 bits per heavy atom. The van der Waals surface area contributed by atoms with Crippen molar-refractivity contribution in [2.24, 2.45) is 5.92 Å². The summed E-state index contributed by atoms with van der Waals surface area (Å²) < 4.78 is 46.1. The molecule has 1 heterocycles. The molecular weight excluding hydrogens is 365 g/mol. The molecule has 3 nitrogen and oxygen atoms in total. The highest BCUT2D eigenvalue weighted by atomic mass is 19.3. The number of H-pyrrole nitrogens is 1. The first-order valence-electron chi connectivity index (χ1n) is 9.34. The van der Waals surface area contributed by atoms with Gasteiger partial charge in [0.2, 0.25) is 5.92 Å². The third-order valence-electron chi connectivity index (χ3n) is 5.27. The van der Waals surface area contributed by atoms with Gasteiger partial charge in [0.25, 0.3) is 0 Å². The highest BCUT2D eigenvalue weighted by Crippen LogP contribution is 2.37. The minimum absolute atomic E-state index is 0.0596. The van der Waals surface area contributed by atoms with Gasteiger partial charge in [-0.15, -0.1) is 0 Å². The number of ether oxygens (including phenoxy) is 1. The Labute approximate surface area is 161 Å². The summed E-state index contributed by atoms with van der Waals surface area (Å²) in [6, 6.07) is 10.2. The number of halogens is 3. The normalized spacial score (nSPS) is 17.4. The second kappa shape index (κ2) is 7.34. The van der Waals surface area contributed by atoms with Gasteiger partial charge in [-0.3, -0.25) is 0 Å². The average molecular weight is 386 g/mol. The zero-order valence-electron chi connectivity index (χ0n) is 15.5. The number of methoxy groups -OCH3 is 1. The predicted molar refractivity (Wildman–Crippen MR) is 104 cm³/mol. The topological polar surface area (TPSA) is 37.9 Å². The summed E-state index contributed by atoms with van der Waals surface area (Å²) in [7, 11) is 1.51. The summed E-state index contributed by atoms with van der Waals surface area (Å²) in [5.74, 6) is -1.61. The number of alkyl halides is 2. The maximum absolute atomic E-state index is 14.3. The van der Waals surface area contributed by atoms with Crippen molar-refractivity contribution in [1.82, 2.24) is 9.97 Å². The Bertz CT molecular complexity index is 1020. The van der Waals surface area contributed by atoms with E-state index in [0.717, 1.165) is 5.52 Å². The van der Waals surface area contributed by atoms with Crippen LogP contribution in [0.3, 0.4) is 0 Å². The fourth-order valence-corrected chi connectivity index (χ4v) is 3.70. The molecule has 6 heteroatoms. The van der Waals surface area contributed by atoms with Gasteiger partial charge >= 0.3 is 0 Å². The highest BCUT2D eigenvalue weighted by Gasteiger charge is 2.33. The SMILES string of the molecule is COc1cccc(F)c1-c1ccc2[nH]c(/C=C/C3CCC(F)(F)CC3)nc2c1. The van der Waals surface area contributed by atoms with Crippen LogP contribution in [0.25, 0.3) is 28.2 Å². The number of allylic oxidation sites excluding steroid dienone is 1. The van der Waals surface area contributed by atoms with E-state index in [1.54, 1.807) is 12.1 Å². The molecule has 0 atom stereocenters. The van der Waals surface area contributed by atoms with Gasteiger partial charge in [0, 0.05) is 12.8 Å². The standard InChI is InChI=1S/C22H21F3N2O/c1-28-19-4-2-3-16(23)21(19)15-6-7-17-18(13-15)27-20(26-17)8-5-14-9-11-22(24,25)12-10-14/h2-8,13-14H,9-12H2,1H3,(H,26,27)/b8-5+. The van der Waals surface area contributed by atoms with E-state index in [0.29, 0.717) is 41.1 Å². The Morgan fingerprint density at radius 1 is 1.18 bits per heavy atom. The maximum atomic E-state index is 14.3. The molecule has 1 N–H and O–H groups in total. The zero-order chi connectivity index (χ0) is 19.7. The minimum Gasteiger partial charge on any atom is -0.496 e. The first-order valence-corrected chi connectivity index (χ1v) is 9.34. The van der Waals surface area contributed by atoms with E-state index in [2.05, 4.69) is 9.97 Å². The molecule has 0 unspecified atom stereocenters. The molecule has 1 fully saturated rings. The maximum Gasteiger partial charge on any atom is 0.248 e. The number of nitrogens with zero attached hydrogens (tertiary/aromatic N) is 1. The van der Waals surface area contributed by atoms with E-state index in [1.165, 1.54) is 13.2 Å². The second-order valence-electron chi connectivity index (χ2n) is 7.22. The van der Waals surface area contributed by atoms with E-state index >= 15 is 0 Å². The average Bonchev–Trinajstić information content (AvgIpc) is 3.09. The Morgan fingerprint density at radius 3 is 2.71 bits per heavy atom. The van der Waals surface area contributed by atoms with Crippen molar-refractivity contribution in [1.29, 1.82) is 0 Å². The Kier molecular flexibility index (Phi) is 4.87. The van der Waals surface area contributed by atoms with E-state index in [1.807, 2.05) is 30.4 Å². The molecule has 0 saturated heterocycles. The number of aromatic nitrogens is 2. The first-order chi connectivity index (χ1) is 13.4. The lowest BCUT2D eigenvalue weighted by Crippen LogP contribution is -2.23. The lowest BCUT2D eigenvalue weighted by molar-refractivity contribution is -0.0410. The van der Waals surface area contributed by atoms with Crippen molar-refractivity contribution in [3.05, 3.63) is 54.1 Å². The summed E-state index contributed by atoms with van der Waals surface area (Å²) in [6.45, 7) is 0. The number of benzene rings is 2. The van der Waals surface area contributed by atoms with Crippen LogP contribution in [0.2, 0.25) is 0 Å². The van der Waals surface area contributed by atoms with Crippen molar-refractivity contribution in [3.63, 3.8) is 0 Å². The molecule has 0 radical (unpaired) electrons. The van der Waals surface area contributed by atoms with Gasteiger partial charge in [-0.05, 0) is 54.7 Å². The molecule has 4 rings (SSSR count). The molecule has 28 heavy (non-hydrogen) atoms. The van der Waals surface area contributed by atoms with Crippen molar-refractivity contribution in [3.8, 4) is 16.9 Å². The Balaban J connectivity index is 1.58. The van der Waals surface area contributed by atoms with Crippen LogP contribution in [0.4, 0.5) is 13.2 Å². The van der Waals surface area contributed by atoms with Crippen molar-refractivity contribution >= 4 is 17.1 Å². The third kappa shape index (κ3) is 3.77. The van der Waals surface area contributed by atoms with Crippen LogP contribution in [0, 0.1) is 11.7 Å². The van der Waals surface area contributed by atoms with Gasteiger partial charge in [0.05, 0.1) is 23.7 Å². The van der Waals surface area contributed by atoms with Gasteiger partial charge in [-0.25, -0.2) is 18.2 Å². The van der Waals surface area contributed by atoms with Crippen LogP contribution in [-0.2, 0) is 0 Å². The molecule has 1 aromatic heterocycles. The minimum atomic E-state index is -2.52. The molecule has 1 aliphatic rings. The molecular formula is C22H21F3N2O. The van der Waals surface area contributed by atoms with Crippen LogP contribution in [0.5, 0.6) is 5.75 Å². The Hall–Kier alpha value is -2.76. The zero-order valence-corrected chi connectivity index (χ0v) is 15.5. The van der Waals surface area contributed by atoms with Gasteiger partial charge in [0.15, 0.2) is 0 Å². The molecule has 0 spiro atoms. The van der Waals surface area contributed by atoms with Crippen LogP contribution in [-0.4, -0.2) is 23.0 Å². The van der Waals surface area contributed by atoms with E-state index in [9.17, 15) is 13.2 Å². The lowest BCUT2D eigenvalue weighted by Gasteiger charge is -2.26. The number of fused-ring (bicyclic) bond motifs is 1. The number of nitrogens with one attached hydrogen (secondary N) is 1. The van der Waals surface area contributed by atoms with Crippen LogP contribution in [0.15, 0.2) is 42.5 Å². The third-order valence-corrected chi connectivity index (χ3v) is 5.27. The smallest absolute Gasteiger partial charge is 0.248 e. The summed E-state index contributed by atoms with van der Waals surface area (Å²) >= 11 is 0. The molecule has 146 valence electrons.